The van der Waals surface area contributed by atoms with Gasteiger partial charge in [-0.15, -0.1) is 0 Å². The Kier molecular flexibility index (Phi) is 5.58. The van der Waals surface area contributed by atoms with Gasteiger partial charge in [0.25, 0.3) is 5.91 Å². The number of furan rings is 1. The largest absolute Gasteiger partial charge is 0.451 e. The molecule has 0 spiro atoms. The van der Waals surface area contributed by atoms with Gasteiger partial charge in [-0.1, -0.05) is 24.3 Å². The number of benzene rings is 2. The van der Waals surface area contributed by atoms with Crippen LogP contribution in [-0.2, 0) is 12.6 Å². The van der Waals surface area contributed by atoms with Gasteiger partial charge in [0.05, 0.1) is 5.56 Å². The molecular weight excluding hydrogens is 405 g/mol. The first-order valence-electron chi connectivity index (χ1n) is 9.45. The molecule has 2 aromatic heterocycles. The Balaban J connectivity index is 1.43. The van der Waals surface area contributed by atoms with Gasteiger partial charge in [-0.2, -0.15) is 13.2 Å². The lowest BCUT2D eigenvalue weighted by molar-refractivity contribution is -0.137. The zero-order chi connectivity index (χ0) is 21.8. The lowest BCUT2D eigenvalue weighted by Crippen LogP contribution is -2.10. The van der Waals surface area contributed by atoms with Crippen LogP contribution in [0.3, 0.4) is 0 Å². The maximum absolute atomic E-state index is 12.9. The Hall–Kier alpha value is -3.87. The standard InChI is InChI=1S/C24H17F3N2O2/c25-24(26,27)19-3-1-2-18(15-19)21-8-9-22(31-21)23(30)29-20-6-4-16(5-7-20)14-17-10-12-28-13-11-17/h1-13,15H,14H2,(H,29,30). The zero-order valence-electron chi connectivity index (χ0n) is 16.2. The second kappa shape index (κ2) is 8.47. The highest BCUT2D eigenvalue weighted by Crippen LogP contribution is 2.32. The predicted molar refractivity (Wildman–Crippen MR) is 111 cm³/mol. The molecular formula is C24H17F3N2O2. The van der Waals surface area contributed by atoms with E-state index in [4.69, 9.17) is 4.42 Å². The summed E-state index contributed by atoms with van der Waals surface area (Å²) in [5.74, 6) is -0.294. The van der Waals surface area contributed by atoms with Gasteiger partial charge < -0.3 is 9.73 Å². The molecule has 0 fully saturated rings. The minimum Gasteiger partial charge on any atom is -0.451 e. The van der Waals surface area contributed by atoms with Crippen molar-refractivity contribution in [2.75, 3.05) is 5.32 Å². The first-order chi connectivity index (χ1) is 14.9. The predicted octanol–water partition coefficient (Wildman–Crippen LogP) is 6.20. The molecule has 7 heteroatoms. The number of alkyl halides is 3. The van der Waals surface area contributed by atoms with Gasteiger partial charge in [0, 0.05) is 23.6 Å². The van der Waals surface area contributed by atoms with E-state index in [1.165, 1.54) is 24.3 Å². The number of carbonyl (C=O) groups is 1. The number of hydrogen-bond acceptors (Lipinski definition) is 3. The van der Waals surface area contributed by atoms with Gasteiger partial charge in [-0.3, -0.25) is 9.78 Å². The summed E-state index contributed by atoms with van der Waals surface area (Å²) in [5.41, 5.74) is 2.26. The quantitative estimate of drug-likeness (QED) is 0.416. The Bertz CT molecular complexity index is 1180. The van der Waals surface area contributed by atoms with Crippen molar-refractivity contribution in [2.24, 2.45) is 0 Å². The van der Waals surface area contributed by atoms with Crippen LogP contribution in [0.2, 0.25) is 0 Å². The normalized spacial score (nSPS) is 11.3. The summed E-state index contributed by atoms with van der Waals surface area (Å²) in [6.07, 6.45) is -0.233. The van der Waals surface area contributed by atoms with E-state index in [9.17, 15) is 18.0 Å². The Morgan fingerprint density at radius 3 is 2.32 bits per heavy atom. The molecule has 0 saturated heterocycles. The highest BCUT2D eigenvalue weighted by Gasteiger charge is 2.30. The van der Waals surface area contributed by atoms with Crippen molar-refractivity contribution in [3.05, 3.63) is 108 Å². The van der Waals surface area contributed by atoms with Crippen molar-refractivity contribution in [2.45, 2.75) is 12.6 Å². The second-order valence-corrected chi connectivity index (χ2v) is 6.93. The number of aromatic nitrogens is 1. The summed E-state index contributed by atoms with van der Waals surface area (Å²) in [6.45, 7) is 0. The van der Waals surface area contributed by atoms with Crippen molar-refractivity contribution in [1.82, 2.24) is 4.98 Å². The maximum atomic E-state index is 12.9. The summed E-state index contributed by atoms with van der Waals surface area (Å²) in [5, 5.41) is 2.73. The number of pyridine rings is 1. The van der Waals surface area contributed by atoms with Crippen LogP contribution >= 0.6 is 0 Å². The van der Waals surface area contributed by atoms with E-state index in [1.807, 2.05) is 24.3 Å². The van der Waals surface area contributed by atoms with Crippen molar-refractivity contribution < 1.29 is 22.4 Å². The Morgan fingerprint density at radius 1 is 0.903 bits per heavy atom. The maximum Gasteiger partial charge on any atom is 0.416 e. The van der Waals surface area contributed by atoms with Crippen LogP contribution in [0, 0.1) is 0 Å². The first-order valence-corrected chi connectivity index (χ1v) is 9.45. The number of halogens is 3. The van der Waals surface area contributed by atoms with Crippen molar-refractivity contribution >= 4 is 11.6 Å². The van der Waals surface area contributed by atoms with Crippen molar-refractivity contribution in [3.63, 3.8) is 0 Å². The minimum absolute atomic E-state index is 0.00766. The average molecular weight is 422 g/mol. The van der Waals surface area contributed by atoms with Crippen LogP contribution in [0.15, 0.2) is 89.6 Å². The van der Waals surface area contributed by atoms with Crippen LogP contribution in [0.4, 0.5) is 18.9 Å². The molecule has 0 radical (unpaired) electrons. The molecule has 0 aliphatic carbocycles. The van der Waals surface area contributed by atoms with E-state index < -0.39 is 17.6 Å². The molecule has 4 rings (SSSR count). The van der Waals surface area contributed by atoms with Gasteiger partial charge in [-0.25, -0.2) is 0 Å². The van der Waals surface area contributed by atoms with Crippen LogP contribution < -0.4 is 5.32 Å². The zero-order valence-corrected chi connectivity index (χ0v) is 16.2. The van der Waals surface area contributed by atoms with Crippen LogP contribution in [0.1, 0.15) is 27.2 Å². The third-order valence-corrected chi connectivity index (χ3v) is 4.67. The third kappa shape index (κ3) is 5.01. The molecule has 31 heavy (non-hydrogen) atoms. The van der Waals surface area contributed by atoms with E-state index in [0.29, 0.717) is 5.69 Å². The number of hydrogen-bond donors (Lipinski definition) is 1. The van der Waals surface area contributed by atoms with Gasteiger partial charge in [0.1, 0.15) is 5.76 Å². The molecule has 0 atom stereocenters. The molecule has 2 aromatic carbocycles. The van der Waals surface area contributed by atoms with Crippen LogP contribution in [0.5, 0.6) is 0 Å². The van der Waals surface area contributed by atoms with E-state index >= 15 is 0 Å². The van der Waals surface area contributed by atoms with Crippen LogP contribution in [0.25, 0.3) is 11.3 Å². The van der Waals surface area contributed by atoms with E-state index in [1.54, 1.807) is 24.5 Å². The highest BCUT2D eigenvalue weighted by molar-refractivity contribution is 6.02. The van der Waals surface area contributed by atoms with Gasteiger partial charge >= 0.3 is 6.18 Å². The first kappa shape index (κ1) is 20.4. The molecule has 2 heterocycles. The number of nitrogens with one attached hydrogen (secondary N) is 1. The second-order valence-electron chi connectivity index (χ2n) is 6.93. The lowest BCUT2D eigenvalue weighted by Gasteiger charge is -2.07. The molecule has 4 nitrogen and oxygen atoms in total. The molecule has 0 aliphatic heterocycles. The third-order valence-electron chi connectivity index (χ3n) is 4.67. The Morgan fingerprint density at radius 2 is 1.61 bits per heavy atom. The van der Waals surface area contributed by atoms with Gasteiger partial charge in [0.2, 0.25) is 0 Å². The summed E-state index contributed by atoms with van der Waals surface area (Å²) in [6, 6.07) is 18.9. The SMILES string of the molecule is O=C(Nc1ccc(Cc2ccncc2)cc1)c1ccc(-c2cccc(C(F)(F)F)c2)o1. The molecule has 1 amide bonds. The molecule has 0 saturated carbocycles. The summed E-state index contributed by atoms with van der Waals surface area (Å²) >= 11 is 0. The number of nitrogens with zero attached hydrogens (tertiary/aromatic N) is 1. The summed E-state index contributed by atoms with van der Waals surface area (Å²) < 4.78 is 44.2. The van der Waals surface area contributed by atoms with Gasteiger partial charge in [0.15, 0.2) is 5.76 Å². The Labute approximate surface area is 176 Å². The summed E-state index contributed by atoms with van der Waals surface area (Å²) in [7, 11) is 0. The minimum atomic E-state index is -4.45. The molecule has 0 unspecified atom stereocenters. The van der Waals surface area contributed by atoms with Crippen molar-refractivity contribution in [3.8, 4) is 11.3 Å². The van der Waals surface area contributed by atoms with Crippen molar-refractivity contribution in [1.29, 1.82) is 0 Å². The van der Waals surface area contributed by atoms with Gasteiger partial charge in [-0.05, 0) is 66.1 Å². The highest BCUT2D eigenvalue weighted by atomic mass is 19.4. The topological polar surface area (TPSA) is 55.1 Å². The molecule has 4 aromatic rings. The number of rotatable bonds is 5. The van der Waals surface area contributed by atoms with E-state index in [2.05, 4.69) is 10.3 Å². The number of carbonyl (C=O) groups excluding carboxylic acids is 1. The summed E-state index contributed by atoms with van der Waals surface area (Å²) in [4.78, 5) is 16.5. The lowest BCUT2D eigenvalue weighted by atomic mass is 10.1. The molecule has 156 valence electrons. The smallest absolute Gasteiger partial charge is 0.416 e. The fraction of sp³-hybridized carbons (Fsp3) is 0.0833. The number of anilines is 1. The fourth-order valence-corrected chi connectivity index (χ4v) is 3.10. The fourth-order valence-electron chi connectivity index (χ4n) is 3.10. The average Bonchev–Trinajstić information content (AvgIpc) is 3.26. The molecule has 1 N–H and O–H groups in total. The van der Waals surface area contributed by atoms with E-state index in [-0.39, 0.29) is 17.1 Å². The number of amides is 1. The monoisotopic (exact) mass is 422 g/mol. The van der Waals surface area contributed by atoms with E-state index in [0.717, 1.165) is 29.7 Å². The molecule has 0 aliphatic rings. The van der Waals surface area contributed by atoms with Crippen LogP contribution in [-0.4, -0.2) is 10.9 Å². The molecule has 0 bridgehead atoms.